The van der Waals surface area contributed by atoms with E-state index in [2.05, 4.69) is 0 Å². The first kappa shape index (κ1) is 15.3. The first-order valence-electron chi connectivity index (χ1n) is 7.28. The summed E-state index contributed by atoms with van der Waals surface area (Å²) >= 11 is 0. The maximum atomic E-state index is 11.8. The molecule has 2 fully saturated rings. The number of quaternary nitrogens is 2. The molecular weight excluding hydrogens is 260 g/mol. The number of fused-ring (bicyclic) bond motifs is 1. The Hall–Kier alpha value is -1.14. The van der Waals surface area contributed by atoms with Crippen LogP contribution in [0, 0.1) is 5.92 Å². The lowest BCUT2D eigenvalue weighted by Crippen LogP contribution is -2.69. The van der Waals surface area contributed by atoms with Crippen molar-refractivity contribution in [3.8, 4) is 0 Å². The Bertz CT molecular complexity index is 445. The predicted octanol–water partition coefficient (Wildman–Crippen LogP) is -0.473. The Labute approximate surface area is 119 Å². The first-order valence-corrected chi connectivity index (χ1v) is 7.28. The van der Waals surface area contributed by atoms with Gasteiger partial charge in [-0.1, -0.05) is 0 Å². The maximum Gasteiger partial charge on any atom is 0.258 e. The second-order valence-corrected chi connectivity index (χ2v) is 7.23. The summed E-state index contributed by atoms with van der Waals surface area (Å²) in [6, 6.07) is -0.179. The number of hydrogen-bond acceptors (Lipinski definition) is 4. The highest BCUT2D eigenvalue weighted by atomic mass is 16.4. The van der Waals surface area contributed by atoms with E-state index in [1.807, 2.05) is 27.7 Å². The lowest BCUT2D eigenvalue weighted by atomic mass is 10.0. The fraction of sp³-hybridized carbons (Fsp3) is 0.857. The van der Waals surface area contributed by atoms with Gasteiger partial charge in [-0.3, -0.25) is 8.97 Å². The fourth-order valence-corrected chi connectivity index (χ4v) is 4.19. The van der Waals surface area contributed by atoms with Crippen LogP contribution in [0.3, 0.4) is 0 Å². The van der Waals surface area contributed by atoms with Gasteiger partial charge in [0.1, 0.15) is 6.54 Å². The normalized spacial score (nSPS) is 40.6. The van der Waals surface area contributed by atoms with Gasteiger partial charge in [0, 0.05) is 6.42 Å². The summed E-state index contributed by atoms with van der Waals surface area (Å²) in [7, 11) is 0. The van der Waals surface area contributed by atoms with E-state index in [0.29, 0.717) is 26.2 Å². The van der Waals surface area contributed by atoms with Crippen molar-refractivity contribution in [2.45, 2.75) is 45.7 Å². The first-order chi connectivity index (χ1) is 9.10. The van der Waals surface area contributed by atoms with E-state index in [0.717, 1.165) is 6.42 Å². The number of hydrogen-bond donors (Lipinski definition) is 0. The van der Waals surface area contributed by atoms with E-state index >= 15 is 0 Å². The SMILES string of the molecule is CC[N+]1(C(=O)[O-])CCC2C[N+](C(=O)[O-])(C(C)(C)C)CC21. The molecule has 6 heteroatoms. The number of carboxylic acid groups (broad SMARTS) is 2. The second kappa shape index (κ2) is 4.43. The minimum atomic E-state index is -1.10. The van der Waals surface area contributed by atoms with Crippen LogP contribution >= 0.6 is 0 Å². The third-order valence-corrected chi connectivity index (χ3v) is 5.68. The maximum absolute atomic E-state index is 11.8. The van der Waals surface area contributed by atoms with E-state index < -0.39 is 17.7 Å². The molecule has 4 unspecified atom stereocenters. The molecule has 0 radical (unpaired) electrons. The fourth-order valence-electron chi connectivity index (χ4n) is 4.19. The van der Waals surface area contributed by atoms with Gasteiger partial charge in [-0.05, 0) is 27.7 Å². The molecule has 2 aliphatic rings. The summed E-state index contributed by atoms with van der Waals surface area (Å²) in [5, 5.41) is 23.4. The summed E-state index contributed by atoms with van der Waals surface area (Å²) in [4.78, 5) is 23.4. The molecule has 0 aliphatic carbocycles. The highest BCUT2D eigenvalue weighted by Gasteiger charge is 2.63. The molecule has 6 nitrogen and oxygen atoms in total. The molecule has 0 saturated carbocycles. The zero-order chi connectivity index (χ0) is 15.3. The third kappa shape index (κ3) is 1.78. The van der Waals surface area contributed by atoms with Gasteiger partial charge >= 0.3 is 0 Å². The van der Waals surface area contributed by atoms with Crippen LogP contribution in [-0.2, 0) is 0 Å². The largest absolute Gasteiger partial charge is 0.498 e. The smallest absolute Gasteiger partial charge is 0.258 e. The quantitative estimate of drug-likeness (QED) is 0.610. The van der Waals surface area contributed by atoms with Gasteiger partial charge in [-0.2, -0.15) is 0 Å². The van der Waals surface area contributed by atoms with Gasteiger partial charge in [0.05, 0.1) is 31.1 Å². The second-order valence-electron chi connectivity index (χ2n) is 7.23. The summed E-state index contributed by atoms with van der Waals surface area (Å²) in [5.41, 5.74) is -0.501. The van der Waals surface area contributed by atoms with E-state index in [4.69, 9.17) is 0 Å². The van der Waals surface area contributed by atoms with Crippen molar-refractivity contribution in [1.29, 1.82) is 0 Å². The molecule has 0 bridgehead atoms. The molecule has 2 rings (SSSR count). The van der Waals surface area contributed by atoms with E-state index in [1.54, 1.807) is 0 Å². The zero-order valence-electron chi connectivity index (χ0n) is 12.7. The molecule has 0 N–H and O–H groups in total. The van der Waals surface area contributed by atoms with E-state index in [1.165, 1.54) is 0 Å². The highest BCUT2D eigenvalue weighted by Crippen LogP contribution is 2.44. The lowest BCUT2D eigenvalue weighted by Gasteiger charge is -2.46. The minimum absolute atomic E-state index is 0.103. The standard InChI is InChI=1S/C14H24N2O4/c1-5-15(12(17)18)7-6-10-8-16(13(19)20,9-11(10)15)14(2,3)4/h10-11H,5-9H2,1-4H3. The Morgan fingerprint density at radius 2 is 1.75 bits per heavy atom. The van der Waals surface area contributed by atoms with Crippen LogP contribution in [0.1, 0.15) is 34.1 Å². The summed E-state index contributed by atoms with van der Waals surface area (Å²) in [6.07, 6.45) is -1.43. The number of nitrogens with zero attached hydrogens (tertiary/aromatic N) is 2. The van der Waals surface area contributed by atoms with Crippen molar-refractivity contribution in [3.05, 3.63) is 0 Å². The van der Waals surface area contributed by atoms with Gasteiger partial charge in [0.25, 0.3) is 12.2 Å². The predicted molar refractivity (Wildman–Crippen MR) is 68.1 cm³/mol. The number of likely N-dealkylation sites (tertiary alicyclic amines) is 2. The molecule has 0 spiro atoms. The number of carbonyl (C=O) groups is 2. The van der Waals surface area contributed by atoms with Crippen LogP contribution in [0.5, 0.6) is 0 Å². The Morgan fingerprint density at radius 3 is 2.15 bits per heavy atom. The van der Waals surface area contributed by atoms with Crippen LogP contribution in [0.2, 0.25) is 0 Å². The molecule has 0 aromatic rings. The van der Waals surface area contributed by atoms with Gasteiger partial charge in [-0.25, -0.2) is 0 Å². The van der Waals surface area contributed by atoms with Crippen molar-refractivity contribution < 1.29 is 28.8 Å². The van der Waals surface area contributed by atoms with Crippen LogP contribution in [-0.4, -0.2) is 58.9 Å². The topological polar surface area (TPSA) is 80.3 Å². The Kier molecular flexibility index (Phi) is 3.38. The Morgan fingerprint density at radius 1 is 1.15 bits per heavy atom. The van der Waals surface area contributed by atoms with Crippen molar-refractivity contribution in [2.75, 3.05) is 26.2 Å². The molecule has 2 saturated heterocycles. The molecule has 20 heavy (non-hydrogen) atoms. The molecule has 2 heterocycles. The van der Waals surface area contributed by atoms with Crippen molar-refractivity contribution in [3.63, 3.8) is 0 Å². The zero-order valence-corrected chi connectivity index (χ0v) is 12.7. The van der Waals surface area contributed by atoms with Gasteiger partial charge in [0.2, 0.25) is 0 Å². The van der Waals surface area contributed by atoms with E-state index in [9.17, 15) is 19.8 Å². The summed E-state index contributed by atoms with van der Waals surface area (Å²) in [5.74, 6) is 0.116. The highest BCUT2D eigenvalue weighted by molar-refractivity contribution is 5.57. The monoisotopic (exact) mass is 284 g/mol. The van der Waals surface area contributed by atoms with Crippen molar-refractivity contribution in [2.24, 2.45) is 5.92 Å². The number of rotatable bonds is 1. The average molecular weight is 284 g/mol. The van der Waals surface area contributed by atoms with Crippen LogP contribution in [0.4, 0.5) is 9.59 Å². The van der Waals surface area contributed by atoms with Gasteiger partial charge < -0.3 is 19.8 Å². The molecule has 2 amide bonds. The molecule has 4 atom stereocenters. The summed E-state index contributed by atoms with van der Waals surface area (Å²) in [6.45, 7) is 9.24. The minimum Gasteiger partial charge on any atom is -0.498 e. The molecular formula is C14H24N2O4. The summed E-state index contributed by atoms with van der Waals surface area (Å²) < 4.78 is -0.260. The lowest BCUT2D eigenvalue weighted by molar-refractivity contribution is -0.942. The average Bonchev–Trinajstić information content (AvgIpc) is 2.83. The van der Waals surface area contributed by atoms with Crippen molar-refractivity contribution >= 4 is 12.2 Å². The van der Waals surface area contributed by atoms with Crippen molar-refractivity contribution in [1.82, 2.24) is 0 Å². The number of likely N-dealkylation sites (N-methyl/N-ethyl adjacent to an activating group) is 1. The van der Waals surface area contributed by atoms with Crippen LogP contribution in [0.15, 0.2) is 0 Å². The molecule has 0 aromatic heterocycles. The molecule has 0 aromatic carbocycles. The van der Waals surface area contributed by atoms with Crippen LogP contribution in [0.25, 0.3) is 0 Å². The molecule has 2 aliphatic heterocycles. The van der Waals surface area contributed by atoms with E-state index in [-0.39, 0.29) is 20.9 Å². The van der Waals surface area contributed by atoms with Crippen LogP contribution < -0.4 is 10.2 Å². The Balaban J connectivity index is 2.41. The third-order valence-electron chi connectivity index (χ3n) is 5.68. The van der Waals surface area contributed by atoms with Gasteiger partial charge in [-0.15, -0.1) is 0 Å². The number of amides is 2. The molecule has 114 valence electrons. The van der Waals surface area contributed by atoms with Gasteiger partial charge in [0.15, 0.2) is 6.04 Å². The number of carbonyl (C=O) groups excluding carboxylic acids is 2.